The molecule has 2 N–H and O–H groups in total. The Morgan fingerprint density at radius 3 is 2.53 bits per heavy atom. The summed E-state index contributed by atoms with van der Waals surface area (Å²) in [5.74, 6) is -1.45. The lowest BCUT2D eigenvalue weighted by Gasteiger charge is -2.17. The van der Waals surface area contributed by atoms with Crippen LogP contribution in [0.4, 0.5) is 18.9 Å². The normalized spacial score (nSPS) is 13.5. The molecule has 1 rings (SSSR count). The molecule has 1 atom stereocenters. The summed E-state index contributed by atoms with van der Waals surface area (Å²) in [4.78, 5) is 0. The van der Waals surface area contributed by atoms with Crippen molar-refractivity contribution in [2.45, 2.75) is 13.1 Å². The summed E-state index contributed by atoms with van der Waals surface area (Å²) in [6, 6.07) is 4.67. The van der Waals surface area contributed by atoms with Gasteiger partial charge >= 0.3 is 6.18 Å². The maximum Gasteiger partial charge on any atom is 0.392 e. The van der Waals surface area contributed by atoms with E-state index < -0.39 is 12.1 Å². The quantitative estimate of drug-likeness (QED) is 0.814. The highest BCUT2D eigenvalue weighted by atomic mass is 35.5. The van der Waals surface area contributed by atoms with Crippen LogP contribution in [0, 0.1) is 5.92 Å². The molecule has 96 valence electrons. The number of halogens is 5. The van der Waals surface area contributed by atoms with Crippen molar-refractivity contribution in [1.82, 2.24) is 5.43 Å². The number of nitrogens with one attached hydrogen (secondary N) is 2. The first kappa shape index (κ1) is 14.4. The van der Waals surface area contributed by atoms with Crippen molar-refractivity contribution in [3.63, 3.8) is 0 Å². The third-order valence-electron chi connectivity index (χ3n) is 2.12. The van der Waals surface area contributed by atoms with Crippen LogP contribution in [0.3, 0.4) is 0 Å². The molecule has 0 radical (unpaired) electrons. The monoisotopic (exact) mass is 286 g/mol. The molecule has 0 saturated heterocycles. The van der Waals surface area contributed by atoms with Gasteiger partial charge in [-0.2, -0.15) is 13.2 Å². The Labute approximate surface area is 107 Å². The Morgan fingerprint density at radius 2 is 1.94 bits per heavy atom. The fourth-order valence-electron chi connectivity index (χ4n) is 1.01. The average Bonchev–Trinajstić information content (AvgIpc) is 2.21. The van der Waals surface area contributed by atoms with Crippen LogP contribution in [0.2, 0.25) is 10.0 Å². The molecule has 17 heavy (non-hydrogen) atoms. The number of anilines is 1. The van der Waals surface area contributed by atoms with E-state index in [9.17, 15) is 13.2 Å². The van der Waals surface area contributed by atoms with Crippen molar-refractivity contribution in [2.75, 3.05) is 12.0 Å². The Morgan fingerprint density at radius 1 is 1.29 bits per heavy atom. The Kier molecular flexibility index (Phi) is 4.91. The van der Waals surface area contributed by atoms with E-state index in [2.05, 4.69) is 10.9 Å². The standard InChI is InChI=1S/C10H11Cl2F3N2/c1-6(10(13,14)15)5-16-17-9-4-7(11)2-3-8(9)12/h2-4,6,16-17H,5H2,1H3. The number of hydrogen-bond donors (Lipinski definition) is 2. The predicted octanol–water partition coefficient (Wildman–Crippen LogP) is 4.11. The van der Waals surface area contributed by atoms with Crippen molar-refractivity contribution in [3.05, 3.63) is 28.2 Å². The van der Waals surface area contributed by atoms with E-state index in [1.165, 1.54) is 6.07 Å². The molecule has 1 aromatic rings. The first-order chi connectivity index (χ1) is 7.80. The van der Waals surface area contributed by atoms with Crippen LogP contribution in [-0.2, 0) is 0 Å². The molecule has 1 aromatic carbocycles. The molecule has 0 spiro atoms. The van der Waals surface area contributed by atoms with Gasteiger partial charge in [0.15, 0.2) is 0 Å². The third-order valence-corrected chi connectivity index (χ3v) is 2.68. The zero-order valence-corrected chi connectivity index (χ0v) is 10.4. The second-order valence-electron chi connectivity index (χ2n) is 3.57. The minimum atomic E-state index is -4.22. The third kappa shape index (κ3) is 4.61. The average molecular weight is 287 g/mol. The molecular weight excluding hydrogens is 276 g/mol. The molecule has 0 aromatic heterocycles. The number of rotatable bonds is 4. The van der Waals surface area contributed by atoms with Crippen molar-refractivity contribution in [1.29, 1.82) is 0 Å². The first-order valence-corrected chi connectivity index (χ1v) is 5.57. The number of hydrazine groups is 1. The lowest BCUT2D eigenvalue weighted by molar-refractivity contribution is -0.167. The van der Waals surface area contributed by atoms with Gasteiger partial charge in [0, 0.05) is 11.6 Å². The largest absolute Gasteiger partial charge is 0.392 e. The molecule has 0 amide bonds. The zero-order chi connectivity index (χ0) is 13.1. The summed E-state index contributed by atoms with van der Waals surface area (Å²) in [5.41, 5.74) is 5.49. The maximum atomic E-state index is 12.2. The summed E-state index contributed by atoms with van der Waals surface area (Å²) in [7, 11) is 0. The van der Waals surface area contributed by atoms with Gasteiger partial charge in [-0.1, -0.05) is 30.1 Å². The van der Waals surface area contributed by atoms with Crippen LogP contribution in [-0.4, -0.2) is 12.7 Å². The van der Waals surface area contributed by atoms with Gasteiger partial charge in [-0.05, 0) is 18.2 Å². The van der Waals surface area contributed by atoms with Crippen molar-refractivity contribution < 1.29 is 13.2 Å². The second-order valence-corrected chi connectivity index (χ2v) is 4.42. The van der Waals surface area contributed by atoms with E-state index in [0.29, 0.717) is 15.7 Å². The molecule has 0 aliphatic rings. The SMILES string of the molecule is CC(CNNc1cc(Cl)ccc1Cl)C(F)(F)F. The van der Waals surface area contributed by atoms with Crippen LogP contribution >= 0.6 is 23.2 Å². The molecule has 0 heterocycles. The van der Waals surface area contributed by atoms with Crippen LogP contribution in [0.25, 0.3) is 0 Å². The highest BCUT2D eigenvalue weighted by molar-refractivity contribution is 6.35. The van der Waals surface area contributed by atoms with Crippen LogP contribution in [0.1, 0.15) is 6.92 Å². The van der Waals surface area contributed by atoms with E-state index >= 15 is 0 Å². The van der Waals surface area contributed by atoms with E-state index in [1.807, 2.05) is 0 Å². The fourth-order valence-corrected chi connectivity index (χ4v) is 1.35. The van der Waals surface area contributed by atoms with E-state index in [-0.39, 0.29) is 6.54 Å². The molecular formula is C10H11Cl2F3N2. The van der Waals surface area contributed by atoms with Crippen molar-refractivity contribution >= 4 is 28.9 Å². The fraction of sp³-hybridized carbons (Fsp3) is 0.400. The molecule has 0 bridgehead atoms. The molecule has 0 aliphatic carbocycles. The lowest BCUT2D eigenvalue weighted by atomic mass is 10.2. The topological polar surface area (TPSA) is 24.1 Å². The summed E-state index contributed by atoms with van der Waals surface area (Å²) in [6.45, 7) is 0.834. The van der Waals surface area contributed by atoms with Gasteiger partial charge in [0.1, 0.15) is 0 Å². The van der Waals surface area contributed by atoms with Gasteiger partial charge in [0.25, 0.3) is 0 Å². The Hall–Kier alpha value is -0.650. The lowest BCUT2D eigenvalue weighted by Crippen LogP contribution is -2.34. The first-order valence-electron chi connectivity index (χ1n) is 4.81. The Balaban J connectivity index is 2.49. The van der Waals surface area contributed by atoms with Gasteiger partial charge in [-0.3, -0.25) is 0 Å². The summed E-state index contributed by atoms with van der Waals surface area (Å²) in [5, 5.41) is 0.823. The summed E-state index contributed by atoms with van der Waals surface area (Å²) < 4.78 is 36.6. The maximum absolute atomic E-state index is 12.2. The van der Waals surface area contributed by atoms with Gasteiger partial charge < -0.3 is 5.43 Å². The van der Waals surface area contributed by atoms with Gasteiger partial charge in [0.2, 0.25) is 0 Å². The van der Waals surface area contributed by atoms with Crippen molar-refractivity contribution in [2.24, 2.45) is 5.92 Å². The van der Waals surface area contributed by atoms with E-state index in [0.717, 1.165) is 6.92 Å². The number of hydrogen-bond acceptors (Lipinski definition) is 2. The predicted molar refractivity (Wildman–Crippen MR) is 63.3 cm³/mol. The minimum absolute atomic E-state index is 0.258. The smallest absolute Gasteiger partial charge is 0.320 e. The van der Waals surface area contributed by atoms with Gasteiger partial charge in [-0.15, -0.1) is 0 Å². The number of alkyl halides is 3. The van der Waals surface area contributed by atoms with Gasteiger partial charge in [0.05, 0.1) is 16.6 Å². The van der Waals surface area contributed by atoms with Gasteiger partial charge in [-0.25, -0.2) is 5.43 Å². The second kappa shape index (κ2) is 5.80. The highest BCUT2D eigenvalue weighted by Gasteiger charge is 2.35. The molecule has 2 nitrogen and oxygen atoms in total. The highest BCUT2D eigenvalue weighted by Crippen LogP contribution is 2.26. The molecule has 1 unspecified atom stereocenters. The van der Waals surface area contributed by atoms with Crippen LogP contribution < -0.4 is 10.9 Å². The molecule has 7 heteroatoms. The molecule has 0 saturated carbocycles. The summed E-state index contributed by atoms with van der Waals surface area (Å²) >= 11 is 11.5. The van der Waals surface area contributed by atoms with Crippen LogP contribution in [0.5, 0.6) is 0 Å². The minimum Gasteiger partial charge on any atom is -0.320 e. The summed E-state index contributed by atoms with van der Waals surface area (Å²) in [6.07, 6.45) is -4.22. The van der Waals surface area contributed by atoms with Crippen LogP contribution in [0.15, 0.2) is 18.2 Å². The van der Waals surface area contributed by atoms with Crippen molar-refractivity contribution in [3.8, 4) is 0 Å². The molecule has 0 fully saturated rings. The Bertz CT molecular complexity index is 382. The molecule has 0 aliphatic heterocycles. The zero-order valence-electron chi connectivity index (χ0n) is 8.91. The van der Waals surface area contributed by atoms with E-state index in [4.69, 9.17) is 23.2 Å². The number of benzene rings is 1. The van der Waals surface area contributed by atoms with E-state index in [1.54, 1.807) is 12.1 Å².